The summed E-state index contributed by atoms with van der Waals surface area (Å²) in [7, 11) is 0. The molecule has 4 rings (SSSR count). The Hall–Kier alpha value is -2.78. The van der Waals surface area contributed by atoms with E-state index >= 15 is 0 Å². The van der Waals surface area contributed by atoms with Gasteiger partial charge < -0.3 is 5.32 Å². The molecule has 0 saturated heterocycles. The van der Waals surface area contributed by atoms with Gasteiger partial charge in [-0.3, -0.25) is 24.3 Å². The van der Waals surface area contributed by atoms with Crippen molar-refractivity contribution in [3.05, 3.63) is 60.5 Å². The minimum absolute atomic E-state index is 0.00183. The summed E-state index contributed by atoms with van der Waals surface area (Å²) >= 11 is 7.36. The summed E-state index contributed by atoms with van der Waals surface area (Å²) in [6.45, 7) is 0.175. The van der Waals surface area contributed by atoms with Crippen molar-refractivity contribution in [2.45, 2.75) is 38.6 Å². The molecule has 0 atom stereocenters. The molecule has 1 aliphatic carbocycles. The molecule has 0 bridgehead atoms. The van der Waals surface area contributed by atoms with Crippen molar-refractivity contribution in [2.75, 3.05) is 5.32 Å². The number of thiophene rings is 1. The van der Waals surface area contributed by atoms with Gasteiger partial charge >= 0.3 is 0 Å². The zero-order valence-corrected chi connectivity index (χ0v) is 16.9. The summed E-state index contributed by atoms with van der Waals surface area (Å²) < 4.78 is 1.45. The smallest absolute Gasteiger partial charge is 0.289 e. The molecular formula is C19H17ClN4O4S. The number of carbonyl (C=O) groups excluding carboxylic acids is 1. The van der Waals surface area contributed by atoms with Crippen LogP contribution in [0.2, 0.25) is 5.02 Å². The molecule has 1 amide bonds. The molecule has 3 aromatic rings. The minimum Gasteiger partial charge on any atom is -0.326 e. The van der Waals surface area contributed by atoms with Crippen LogP contribution in [0.25, 0.3) is 10.2 Å². The maximum atomic E-state index is 12.9. The van der Waals surface area contributed by atoms with Crippen molar-refractivity contribution >= 4 is 50.4 Å². The molecular weight excluding hydrogens is 416 g/mol. The topological polar surface area (TPSA) is 107 Å². The van der Waals surface area contributed by atoms with Gasteiger partial charge in [0.15, 0.2) is 0 Å². The molecule has 150 valence electrons. The number of carbonyl (C=O) groups is 1. The highest BCUT2D eigenvalue weighted by Crippen LogP contribution is 2.33. The van der Waals surface area contributed by atoms with Crippen LogP contribution in [0.5, 0.6) is 0 Å². The summed E-state index contributed by atoms with van der Waals surface area (Å²) in [4.78, 5) is 41.9. The van der Waals surface area contributed by atoms with E-state index in [1.54, 1.807) is 11.3 Å². The summed E-state index contributed by atoms with van der Waals surface area (Å²) in [6, 6.07) is 4.06. The van der Waals surface area contributed by atoms with Gasteiger partial charge in [0.05, 0.1) is 16.6 Å². The van der Waals surface area contributed by atoms with Crippen LogP contribution in [0.1, 0.15) is 29.7 Å². The van der Waals surface area contributed by atoms with E-state index in [0.29, 0.717) is 5.39 Å². The van der Waals surface area contributed by atoms with Crippen LogP contribution in [0.3, 0.4) is 0 Å². The van der Waals surface area contributed by atoms with E-state index in [4.69, 9.17) is 11.6 Å². The Morgan fingerprint density at radius 2 is 2.14 bits per heavy atom. The summed E-state index contributed by atoms with van der Waals surface area (Å²) in [6.07, 6.45) is 5.61. The molecule has 8 nitrogen and oxygen atoms in total. The lowest BCUT2D eigenvalue weighted by atomic mass is 9.97. The zero-order chi connectivity index (χ0) is 20.5. The first-order valence-corrected chi connectivity index (χ1v) is 10.4. The third-order valence-corrected chi connectivity index (χ3v) is 6.47. The van der Waals surface area contributed by atoms with E-state index in [0.717, 1.165) is 36.1 Å². The highest BCUT2D eigenvalue weighted by Gasteiger charge is 2.20. The number of nitrogens with zero attached hydrogens (tertiary/aromatic N) is 3. The van der Waals surface area contributed by atoms with Crippen molar-refractivity contribution in [2.24, 2.45) is 0 Å². The van der Waals surface area contributed by atoms with Gasteiger partial charge in [-0.25, -0.2) is 4.98 Å². The van der Waals surface area contributed by atoms with Crippen LogP contribution in [0.4, 0.5) is 11.4 Å². The molecule has 29 heavy (non-hydrogen) atoms. The largest absolute Gasteiger partial charge is 0.326 e. The average Bonchev–Trinajstić information content (AvgIpc) is 3.08. The highest BCUT2D eigenvalue weighted by atomic mass is 35.5. The first-order valence-electron chi connectivity index (χ1n) is 9.17. The first kappa shape index (κ1) is 19.5. The van der Waals surface area contributed by atoms with Gasteiger partial charge in [0, 0.05) is 29.6 Å². The molecule has 10 heteroatoms. The van der Waals surface area contributed by atoms with Crippen LogP contribution >= 0.6 is 22.9 Å². The van der Waals surface area contributed by atoms with Crippen LogP contribution < -0.4 is 10.9 Å². The number of benzene rings is 1. The molecule has 1 N–H and O–H groups in total. The van der Waals surface area contributed by atoms with Crippen LogP contribution in [-0.2, 0) is 24.2 Å². The second-order valence-corrected chi connectivity index (χ2v) is 8.35. The Bertz CT molecular complexity index is 1190. The lowest BCUT2D eigenvalue weighted by molar-refractivity contribution is -0.384. The van der Waals surface area contributed by atoms with Crippen LogP contribution in [0, 0.1) is 10.1 Å². The number of anilines is 1. The maximum Gasteiger partial charge on any atom is 0.289 e. The molecule has 0 aliphatic heterocycles. The fourth-order valence-corrected chi connectivity index (χ4v) is 4.92. The third-order valence-electron chi connectivity index (χ3n) is 4.95. The number of aryl methyl sites for hydroxylation is 3. The number of nitrogens with one attached hydrogen (secondary N) is 1. The van der Waals surface area contributed by atoms with E-state index < -0.39 is 4.92 Å². The number of nitro benzene ring substituents is 1. The van der Waals surface area contributed by atoms with Gasteiger partial charge in [0.2, 0.25) is 5.91 Å². The van der Waals surface area contributed by atoms with Gasteiger partial charge in [-0.1, -0.05) is 11.6 Å². The number of halogens is 1. The van der Waals surface area contributed by atoms with Crippen LogP contribution in [-0.4, -0.2) is 20.4 Å². The Kier molecular flexibility index (Phi) is 5.33. The molecule has 0 saturated carbocycles. The predicted molar refractivity (Wildman–Crippen MR) is 112 cm³/mol. The Morgan fingerprint density at radius 3 is 2.93 bits per heavy atom. The molecule has 2 heterocycles. The number of aromatic nitrogens is 2. The summed E-state index contributed by atoms with van der Waals surface area (Å²) in [5.41, 5.74) is 0.988. The molecule has 0 radical (unpaired) electrons. The summed E-state index contributed by atoms with van der Waals surface area (Å²) in [5, 5.41) is 14.2. The van der Waals surface area contributed by atoms with Gasteiger partial charge in [-0.2, -0.15) is 0 Å². The van der Waals surface area contributed by atoms with Crippen molar-refractivity contribution < 1.29 is 9.72 Å². The standard InChI is InChI=1S/C19H17ClN4O4S/c20-13-6-5-11(9-14(13)24(27)28)22-16(25)7-8-23-10-21-18-17(19(23)26)12-3-1-2-4-15(12)29-18/h5-6,9-10H,1-4,7-8H2,(H,22,25). The predicted octanol–water partition coefficient (Wildman–Crippen LogP) is 3.93. The molecule has 2 aromatic heterocycles. The molecule has 0 spiro atoms. The number of fused-ring (bicyclic) bond motifs is 3. The van der Waals surface area contributed by atoms with Gasteiger partial charge in [-0.15, -0.1) is 11.3 Å². The van der Waals surface area contributed by atoms with Gasteiger partial charge in [-0.05, 0) is 43.4 Å². The second-order valence-electron chi connectivity index (χ2n) is 6.86. The quantitative estimate of drug-likeness (QED) is 0.485. The van der Waals surface area contributed by atoms with E-state index in [1.807, 2.05) is 0 Å². The number of rotatable bonds is 5. The zero-order valence-electron chi connectivity index (χ0n) is 15.3. The third kappa shape index (κ3) is 3.88. The van der Waals surface area contributed by atoms with E-state index in [-0.39, 0.29) is 40.8 Å². The molecule has 0 unspecified atom stereocenters. The van der Waals surface area contributed by atoms with E-state index in [2.05, 4.69) is 10.3 Å². The lowest BCUT2D eigenvalue weighted by Gasteiger charge is -2.10. The number of amides is 1. The Labute approximate surface area is 174 Å². The molecule has 1 aromatic carbocycles. The number of nitro groups is 1. The average molecular weight is 433 g/mol. The first-order chi connectivity index (χ1) is 13.9. The fraction of sp³-hybridized carbons (Fsp3) is 0.316. The Morgan fingerprint density at radius 1 is 1.34 bits per heavy atom. The summed E-state index contributed by atoms with van der Waals surface area (Å²) in [5.74, 6) is -0.360. The molecule has 1 aliphatic rings. The molecule has 0 fully saturated rings. The highest BCUT2D eigenvalue weighted by molar-refractivity contribution is 7.18. The van der Waals surface area contributed by atoms with Gasteiger partial charge in [0.1, 0.15) is 9.85 Å². The second kappa shape index (κ2) is 7.92. The minimum atomic E-state index is -0.611. The number of hydrogen-bond donors (Lipinski definition) is 1. The Balaban J connectivity index is 1.49. The van der Waals surface area contributed by atoms with E-state index in [1.165, 1.54) is 34.0 Å². The fourth-order valence-electron chi connectivity index (χ4n) is 3.52. The number of hydrogen-bond acceptors (Lipinski definition) is 6. The van der Waals surface area contributed by atoms with Crippen molar-refractivity contribution in [3.63, 3.8) is 0 Å². The van der Waals surface area contributed by atoms with Crippen molar-refractivity contribution in [1.29, 1.82) is 0 Å². The van der Waals surface area contributed by atoms with Crippen molar-refractivity contribution in [3.8, 4) is 0 Å². The normalized spacial score (nSPS) is 13.3. The van der Waals surface area contributed by atoms with E-state index in [9.17, 15) is 19.7 Å². The monoisotopic (exact) mass is 432 g/mol. The van der Waals surface area contributed by atoms with Crippen molar-refractivity contribution in [1.82, 2.24) is 9.55 Å². The van der Waals surface area contributed by atoms with Gasteiger partial charge in [0.25, 0.3) is 11.2 Å². The maximum absolute atomic E-state index is 12.9. The van der Waals surface area contributed by atoms with Crippen LogP contribution in [0.15, 0.2) is 29.3 Å². The SMILES string of the molecule is O=C(CCn1cnc2sc3c(c2c1=O)CCCC3)Nc1ccc(Cl)c([N+](=O)[O-])c1. The lowest BCUT2D eigenvalue weighted by Crippen LogP contribution is -2.24.